The van der Waals surface area contributed by atoms with Crippen molar-refractivity contribution in [1.29, 1.82) is 0 Å². The molecule has 3 rings (SSSR count). The molecule has 6 nitrogen and oxygen atoms in total. The van der Waals surface area contributed by atoms with Crippen LogP contribution in [0, 0.1) is 19.8 Å². The summed E-state index contributed by atoms with van der Waals surface area (Å²) in [5.41, 5.74) is 4.25. The zero-order valence-corrected chi connectivity index (χ0v) is 18.1. The van der Waals surface area contributed by atoms with Gasteiger partial charge in [0.15, 0.2) is 0 Å². The van der Waals surface area contributed by atoms with Gasteiger partial charge in [-0.3, -0.25) is 14.4 Å². The summed E-state index contributed by atoms with van der Waals surface area (Å²) >= 11 is 0. The van der Waals surface area contributed by atoms with Gasteiger partial charge in [0.2, 0.25) is 11.8 Å². The van der Waals surface area contributed by atoms with E-state index in [0.29, 0.717) is 30.9 Å². The maximum atomic E-state index is 12.7. The molecule has 30 heavy (non-hydrogen) atoms. The molecular weight excluding hydrogens is 378 g/mol. The molecule has 0 spiro atoms. The topological polar surface area (TPSA) is 69.7 Å². The van der Waals surface area contributed by atoms with E-state index in [-0.39, 0.29) is 24.1 Å². The van der Waals surface area contributed by atoms with Gasteiger partial charge in [0, 0.05) is 43.0 Å². The van der Waals surface area contributed by atoms with E-state index in [4.69, 9.17) is 0 Å². The van der Waals surface area contributed by atoms with Crippen molar-refractivity contribution in [2.75, 3.05) is 29.9 Å². The third-order valence-electron chi connectivity index (χ3n) is 5.81. The SMILES string of the molecule is CCN(CC)C(=O)c1ccc(NC(=O)[C@@H]2CC(=O)N(c3cccc(C)c3C)C2)cc1. The Morgan fingerprint density at radius 1 is 1.07 bits per heavy atom. The van der Waals surface area contributed by atoms with Crippen LogP contribution in [-0.4, -0.2) is 42.3 Å². The lowest BCUT2D eigenvalue weighted by molar-refractivity contribution is -0.122. The molecular formula is C24H29N3O3. The van der Waals surface area contributed by atoms with Crippen LogP contribution in [0.2, 0.25) is 0 Å². The van der Waals surface area contributed by atoms with E-state index in [1.165, 1.54) is 0 Å². The molecule has 2 aromatic carbocycles. The highest BCUT2D eigenvalue weighted by molar-refractivity contribution is 6.04. The number of hydrogen-bond donors (Lipinski definition) is 1. The Labute approximate surface area is 177 Å². The van der Waals surface area contributed by atoms with Crippen LogP contribution < -0.4 is 10.2 Å². The van der Waals surface area contributed by atoms with Crippen LogP contribution in [0.1, 0.15) is 41.8 Å². The fourth-order valence-corrected chi connectivity index (χ4v) is 3.78. The average Bonchev–Trinajstić information content (AvgIpc) is 3.13. The molecule has 6 heteroatoms. The van der Waals surface area contributed by atoms with Gasteiger partial charge in [-0.1, -0.05) is 12.1 Å². The Bertz CT molecular complexity index is 949. The molecule has 0 aromatic heterocycles. The summed E-state index contributed by atoms with van der Waals surface area (Å²) in [5.74, 6) is -0.652. The van der Waals surface area contributed by atoms with E-state index in [1.54, 1.807) is 34.1 Å². The number of benzene rings is 2. The van der Waals surface area contributed by atoms with Crippen molar-refractivity contribution in [1.82, 2.24) is 4.90 Å². The lowest BCUT2D eigenvalue weighted by atomic mass is 10.1. The molecule has 0 radical (unpaired) electrons. The number of aryl methyl sites for hydroxylation is 1. The molecule has 0 saturated carbocycles. The van der Waals surface area contributed by atoms with E-state index in [2.05, 4.69) is 5.32 Å². The molecule has 0 aliphatic carbocycles. The van der Waals surface area contributed by atoms with Gasteiger partial charge in [0.1, 0.15) is 0 Å². The van der Waals surface area contributed by atoms with Crippen molar-refractivity contribution in [3.05, 3.63) is 59.2 Å². The summed E-state index contributed by atoms with van der Waals surface area (Å²) < 4.78 is 0. The molecule has 1 aliphatic heterocycles. The zero-order chi connectivity index (χ0) is 21.8. The van der Waals surface area contributed by atoms with Crippen LogP contribution >= 0.6 is 0 Å². The Kier molecular flexibility index (Phi) is 6.55. The first-order valence-corrected chi connectivity index (χ1v) is 10.4. The van der Waals surface area contributed by atoms with Crippen molar-refractivity contribution in [3.8, 4) is 0 Å². The van der Waals surface area contributed by atoms with E-state index >= 15 is 0 Å². The molecule has 158 valence electrons. The van der Waals surface area contributed by atoms with E-state index < -0.39 is 5.92 Å². The van der Waals surface area contributed by atoms with Crippen molar-refractivity contribution >= 4 is 29.1 Å². The van der Waals surface area contributed by atoms with Gasteiger partial charge in [-0.2, -0.15) is 0 Å². The molecule has 1 saturated heterocycles. The Hall–Kier alpha value is -3.15. The minimum Gasteiger partial charge on any atom is -0.339 e. The van der Waals surface area contributed by atoms with Gasteiger partial charge in [-0.25, -0.2) is 0 Å². The number of nitrogens with zero attached hydrogens (tertiary/aromatic N) is 2. The third kappa shape index (κ3) is 4.37. The summed E-state index contributed by atoms with van der Waals surface area (Å²) in [4.78, 5) is 41.2. The van der Waals surface area contributed by atoms with E-state index in [0.717, 1.165) is 16.8 Å². The monoisotopic (exact) mass is 407 g/mol. The van der Waals surface area contributed by atoms with Gasteiger partial charge < -0.3 is 15.1 Å². The summed E-state index contributed by atoms with van der Waals surface area (Å²) in [5, 5.41) is 2.88. The van der Waals surface area contributed by atoms with Crippen LogP contribution in [0.5, 0.6) is 0 Å². The number of hydrogen-bond acceptors (Lipinski definition) is 3. The van der Waals surface area contributed by atoms with Gasteiger partial charge in [-0.15, -0.1) is 0 Å². The third-order valence-corrected chi connectivity index (χ3v) is 5.81. The summed E-state index contributed by atoms with van der Waals surface area (Å²) in [6, 6.07) is 12.8. The highest BCUT2D eigenvalue weighted by atomic mass is 16.2. The number of amides is 3. The fraction of sp³-hybridized carbons (Fsp3) is 0.375. The molecule has 1 N–H and O–H groups in total. The number of anilines is 2. The van der Waals surface area contributed by atoms with Crippen LogP contribution in [0.4, 0.5) is 11.4 Å². The maximum Gasteiger partial charge on any atom is 0.253 e. The first-order valence-electron chi connectivity index (χ1n) is 10.4. The maximum absolute atomic E-state index is 12.7. The minimum atomic E-state index is -0.408. The molecule has 0 bridgehead atoms. The number of carbonyl (C=O) groups excluding carboxylic acids is 3. The second-order valence-electron chi connectivity index (χ2n) is 7.67. The predicted molar refractivity (Wildman–Crippen MR) is 119 cm³/mol. The highest BCUT2D eigenvalue weighted by Gasteiger charge is 2.35. The molecule has 1 atom stereocenters. The quantitative estimate of drug-likeness (QED) is 0.792. The van der Waals surface area contributed by atoms with Gasteiger partial charge in [0.05, 0.1) is 5.92 Å². The summed E-state index contributed by atoms with van der Waals surface area (Å²) in [6.45, 7) is 9.57. The summed E-state index contributed by atoms with van der Waals surface area (Å²) in [7, 11) is 0. The van der Waals surface area contributed by atoms with Crippen LogP contribution in [-0.2, 0) is 9.59 Å². The summed E-state index contributed by atoms with van der Waals surface area (Å²) in [6.07, 6.45) is 0.192. The fourth-order valence-electron chi connectivity index (χ4n) is 3.78. The largest absolute Gasteiger partial charge is 0.339 e. The predicted octanol–water partition coefficient (Wildman–Crippen LogP) is 3.78. The number of rotatable bonds is 6. The molecule has 1 heterocycles. The minimum absolute atomic E-state index is 0.0246. The second-order valence-corrected chi connectivity index (χ2v) is 7.67. The Balaban J connectivity index is 1.66. The van der Waals surface area contributed by atoms with Gasteiger partial charge in [-0.05, 0) is 69.2 Å². The standard InChI is InChI=1S/C24H29N3O3/c1-5-26(6-2)24(30)18-10-12-20(13-11-18)25-23(29)19-14-22(28)27(15-19)21-9-7-8-16(3)17(21)4/h7-13,19H,5-6,14-15H2,1-4H3,(H,25,29)/t19-/m1/s1. The van der Waals surface area contributed by atoms with Crippen molar-refractivity contribution in [2.24, 2.45) is 5.92 Å². The van der Waals surface area contributed by atoms with Gasteiger partial charge in [0.25, 0.3) is 5.91 Å². The first-order chi connectivity index (χ1) is 14.3. The lowest BCUT2D eigenvalue weighted by Crippen LogP contribution is -2.30. The van der Waals surface area contributed by atoms with Gasteiger partial charge >= 0.3 is 0 Å². The highest BCUT2D eigenvalue weighted by Crippen LogP contribution is 2.30. The Morgan fingerprint density at radius 2 is 1.73 bits per heavy atom. The zero-order valence-electron chi connectivity index (χ0n) is 18.1. The van der Waals surface area contributed by atoms with E-state index in [1.807, 2.05) is 45.9 Å². The van der Waals surface area contributed by atoms with E-state index in [9.17, 15) is 14.4 Å². The normalized spacial score (nSPS) is 15.9. The number of carbonyl (C=O) groups is 3. The number of nitrogens with one attached hydrogen (secondary N) is 1. The lowest BCUT2D eigenvalue weighted by Gasteiger charge is -2.20. The van der Waals surface area contributed by atoms with Crippen molar-refractivity contribution in [2.45, 2.75) is 34.1 Å². The second kappa shape index (κ2) is 9.11. The molecule has 1 aliphatic rings. The van der Waals surface area contributed by atoms with Crippen molar-refractivity contribution < 1.29 is 14.4 Å². The molecule has 3 amide bonds. The smallest absolute Gasteiger partial charge is 0.253 e. The van der Waals surface area contributed by atoms with Crippen LogP contribution in [0.15, 0.2) is 42.5 Å². The average molecular weight is 408 g/mol. The molecule has 2 aromatic rings. The Morgan fingerprint density at radius 3 is 2.37 bits per heavy atom. The van der Waals surface area contributed by atoms with Crippen molar-refractivity contribution in [3.63, 3.8) is 0 Å². The van der Waals surface area contributed by atoms with Crippen LogP contribution in [0.25, 0.3) is 0 Å². The molecule has 0 unspecified atom stereocenters. The van der Waals surface area contributed by atoms with Crippen LogP contribution in [0.3, 0.4) is 0 Å². The molecule has 1 fully saturated rings. The first kappa shape index (κ1) is 21.6.